The normalized spacial score (nSPS) is 21.8. The fourth-order valence-corrected chi connectivity index (χ4v) is 4.23. The average Bonchev–Trinajstić information content (AvgIpc) is 3.34. The van der Waals surface area contributed by atoms with Gasteiger partial charge in [0.15, 0.2) is 0 Å². The standard InChI is InChI=1S/C20H27N3O2/c24-20(23-12-8-16(9-13-23)19-5-2-14-25-19)22-10-6-15-3-1-4-18-17(15)7-11-21-18/h1,3-4,7,11,16,19,21H,2,5-6,8-10,12-14H2,(H,22,24)/t19-/m0/s1. The molecule has 4 rings (SSSR count). The van der Waals surface area contributed by atoms with E-state index in [-0.39, 0.29) is 6.03 Å². The number of carbonyl (C=O) groups is 1. The highest BCUT2D eigenvalue weighted by atomic mass is 16.5. The van der Waals surface area contributed by atoms with Gasteiger partial charge in [-0.15, -0.1) is 0 Å². The molecular formula is C20H27N3O2. The molecule has 2 amide bonds. The van der Waals surface area contributed by atoms with E-state index in [9.17, 15) is 4.79 Å². The van der Waals surface area contributed by atoms with Crippen LogP contribution in [0.25, 0.3) is 10.9 Å². The number of fused-ring (bicyclic) bond motifs is 1. The Morgan fingerprint density at radius 2 is 2.12 bits per heavy atom. The fraction of sp³-hybridized carbons (Fsp3) is 0.550. The number of aromatic nitrogens is 1. The van der Waals surface area contributed by atoms with Gasteiger partial charge >= 0.3 is 6.03 Å². The molecule has 2 saturated heterocycles. The summed E-state index contributed by atoms with van der Waals surface area (Å²) >= 11 is 0. The number of likely N-dealkylation sites (tertiary alicyclic amines) is 1. The summed E-state index contributed by atoms with van der Waals surface area (Å²) in [5, 5.41) is 4.33. The van der Waals surface area contributed by atoms with Crippen molar-refractivity contribution in [2.75, 3.05) is 26.2 Å². The zero-order valence-electron chi connectivity index (χ0n) is 14.7. The van der Waals surface area contributed by atoms with Gasteiger partial charge in [-0.05, 0) is 55.7 Å². The van der Waals surface area contributed by atoms with Crippen LogP contribution in [-0.2, 0) is 11.2 Å². The summed E-state index contributed by atoms with van der Waals surface area (Å²) in [6.07, 6.45) is 7.78. The third kappa shape index (κ3) is 3.66. The molecule has 25 heavy (non-hydrogen) atoms. The number of ether oxygens (including phenoxy) is 1. The second kappa shape index (κ2) is 7.48. The summed E-state index contributed by atoms with van der Waals surface area (Å²) in [4.78, 5) is 17.6. The molecule has 2 fully saturated rings. The molecule has 2 aliphatic rings. The lowest BCUT2D eigenvalue weighted by Gasteiger charge is -2.34. The zero-order valence-corrected chi connectivity index (χ0v) is 14.7. The Morgan fingerprint density at radius 3 is 2.92 bits per heavy atom. The zero-order chi connectivity index (χ0) is 17.1. The minimum Gasteiger partial charge on any atom is -0.378 e. The third-order valence-electron chi connectivity index (χ3n) is 5.67. The van der Waals surface area contributed by atoms with Crippen molar-refractivity contribution < 1.29 is 9.53 Å². The van der Waals surface area contributed by atoms with E-state index >= 15 is 0 Å². The van der Waals surface area contributed by atoms with Crippen molar-refractivity contribution in [1.82, 2.24) is 15.2 Å². The summed E-state index contributed by atoms with van der Waals surface area (Å²) in [5.74, 6) is 0.637. The average molecular weight is 341 g/mol. The van der Waals surface area contributed by atoms with Crippen LogP contribution in [0.3, 0.4) is 0 Å². The molecule has 1 atom stereocenters. The van der Waals surface area contributed by atoms with Crippen molar-refractivity contribution in [2.45, 2.75) is 38.2 Å². The molecule has 1 aromatic carbocycles. The SMILES string of the molecule is O=C(NCCc1cccc2[nH]ccc12)N1CCC([C@@H]2CCCO2)CC1. The molecule has 1 aromatic heterocycles. The first-order valence-electron chi connectivity index (χ1n) is 9.50. The minimum absolute atomic E-state index is 0.0760. The Kier molecular flexibility index (Phi) is 4.92. The highest BCUT2D eigenvalue weighted by Gasteiger charge is 2.30. The van der Waals surface area contributed by atoms with Gasteiger partial charge < -0.3 is 19.9 Å². The number of piperidine rings is 1. The van der Waals surface area contributed by atoms with Gasteiger partial charge in [-0.25, -0.2) is 4.79 Å². The maximum atomic E-state index is 12.4. The number of nitrogens with zero attached hydrogens (tertiary/aromatic N) is 1. The summed E-state index contributed by atoms with van der Waals surface area (Å²) in [5.41, 5.74) is 2.43. The molecule has 134 valence electrons. The van der Waals surface area contributed by atoms with Crippen molar-refractivity contribution in [1.29, 1.82) is 0 Å². The lowest BCUT2D eigenvalue weighted by atomic mass is 9.90. The molecule has 0 saturated carbocycles. The number of urea groups is 1. The Hall–Kier alpha value is -2.01. The quantitative estimate of drug-likeness (QED) is 0.896. The Balaban J connectivity index is 1.23. The number of aromatic amines is 1. The van der Waals surface area contributed by atoms with Crippen molar-refractivity contribution in [2.24, 2.45) is 5.92 Å². The summed E-state index contributed by atoms with van der Waals surface area (Å²) in [6.45, 7) is 3.29. The monoisotopic (exact) mass is 341 g/mol. The Labute approximate surface area is 148 Å². The molecule has 0 spiro atoms. The first-order chi connectivity index (χ1) is 12.3. The topological polar surface area (TPSA) is 57.4 Å². The molecule has 2 aromatic rings. The molecule has 0 bridgehead atoms. The number of benzene rings is 1. The highest BCUT2D eigenvalue weighted by Crippen LogP contribution is 2.28. The van der Waals surface area contributed by atoms with Gasteiger partial charge in [-0.1, -0.05) is 12.1 Å². The van der Waals surface area contributed by atoms with E-state index in [0.717, 1.165) is 44.5 Å². The predicted molar refractivity (Wildman–Crippen MR) is 98.7 cm³/mol. The first kappa shape index (κ1) is 16.5. The second-order valence-electron chi connectivity index (χ2n) is 7.21. The maximum absolute atomic E-state index is 12.4. The first-order valence-corrected chi connectivity index (χ1v) is 9.50. The van der Waals surface area contributed by atoms with Crippen molar-refractivity contribution in [3.63, 3.8) is 0 Å². The van der Waals surface area contributed by atoms with Gasteiger partial charge in [0.2, 0.25) is 0 Å². The van der Waals surface area contributed by atoms with Crippen molar-refractivity contribution in [3.05, 3.63) is 36.0 Å². The lowest BCUT2D eigenvalue weighted by molar-refractivity contribution is 0.0373. The third-order valence-corrected chi connectivity index (χ3v) is 5.67. The van der Waals surface area contributed by atoms with Crippen LogP contribution in [0.15, 0.2) is 30.5 Å². The Morgan fingerprint density at radius 1 is 1.24 bits per heavy atom. The number of amides is 2. The van der Waals surface area contributed by atoms with Gasteiger partial charge in [0, 0.05) is 43.3 Å². The van der Waals surface area contributed by atoms with Gasteiger partial charge in [0.1, 0.15) is 0 Å². The number of H-pyrrole nitrogens is 1. The van der Waals surface area contributed by atoms with E-state index < -0.39 is 0 Å². The molecule has 2 aliphatic heterocycles. The van der Waals surface area contributed by atoms with E-state index in [4.69, 9.17) is 4.74 Å². The number of rotatable bonds is 4. The molecular weight excluding hydrogens is 314 g/mol. The van der Waals surface area contributed by atoms with E-state index in [0.29, 0.717) is 18.6 Å². The van der Waals surface area contributed by atoms with Crippen LogP contribution in [0.2, 0.25) is 0 Å². The fourth-order valence-electron chi connectivity index (χ4n) is 4.23. The molecule has 2 N–H and O–H groups in total. The van der Waals surface area contributed by atoms with Crippen LogP contribution in [0, 0.1) is 5.92 Å². The Bertz CT molecular complexity index is 713. The molecule has 0 unspecified atom stereocenters. The lowest BCUT2D eigenvalue weighted by Crippen LogP contribution is -2.46. The molecule has 0 radical (unpaired) electrons. The largest absolute Gasteiger partial charge is 0.378 e. The second-order valence-corrected chi connectivity index (χ2v) is 7.21. The van der Waals surface area contributed by atoms with Gasteiger partial charge in [0.05, 0.1) is 6.10 Å². The van der Waals surface area contributed by atoms with Crippen LogP contribution >= 0.6 is 0 Å². The number of nitrogens with one attached hydrogen (secondary N) is 2. The number of hydrogen-bond donors (Lipinski definition) is 2. The van der Waals surface area contributed by atoms with Crippen LogP contribution in [0.4, 0.5) is 4.79 Å². The van der Waals surface area contributed by atoms with Gasteiger partial charge in [-0.3, -0.25) is 0 Å². The van der Waals surface area contributed by atoms with E-state index in [2.05, 4.69) is 34.6 Å². The van der Waals surface area contributed by atoms with E-state index in [1.54, 1.807) is 0 Å². The van der Waals surface area contributed by atoms with Crippen LogP contribution in [-0.4, -0.2) is 48.3 Å². The molecule has 5 heteroatoms. The van der Waals surface area contributed by atoms with E-state index in [1.165, 1.54) is 23.8 Å². The molecule has 5 nitrogen and oxygen atoms in total. The summed E-state index contributed by atoms with van der Waals surface area (Å²) < 4.78 is 5.81. The van der Waals surface area contributed by atoms with Crippen molar-refractivity contribution in [3.8, 4) is 0 Å². The summed E-state index contributed by atoms with van der Waals surface area (Å²) in [6, 6.07) is 8.45. The van der Waals surface area contributed by atoms with Crippen LogP contribution in [0.1, 0.15) is 31.2 Å². The number of carbonyl (C=O) groups excluding carboxylic acids is 1. The molecule has 3 heterocycles. The van der Waals surface area contributed by atoms with Gasteiger partial charge in [0.25, 0.3) is 0 Å². The maximum Gasteiger partial charge on any atom is 0.317 e. The number of hydrogen-bond acceptors (Lipinski definition) is 2. The van der Waals surface area contributed by atoms with E-state index in [1.807, 2.05) is 11.1 Å². The minimum atomic E-state index is 0.0760. The van der Waals surface area contributed by atoms with Gasteiger partial charge in [-0.2, -0.15) is 0 Å². The van der Waals surface area contributed by atoms with Crippen LogP contribution in [0.5, 0.6) is 0 Å². The van der Waals surface area contributed by atoms with Crippen LogP contribution < -0.4 is 5.32 Å². The summed E-state index contributed by atoms with van der Waals surface area (Å²) in [7, 11) is 0. The smallest absolute Gasteiger partial charge is 0.317 e. The molecule has 0 aliphatic carbocycles. The highest BCUT2D eigenvalue weighted by molar-refractivity contribution is 5.83. The predicted octanol–water partition coefficient (Wildman–Crippen LogP) is 3.31. The van der Waals surface area contributed by atoms with Crippen molar-refractivity contribution >= 4 is 16.9 Å².